The van der Waals surface area contributed by atoms with Gasteiger partial charge in [0.25, 0.3) is 11.8 Å². The van der Waals surface area contributed by atoms with Crippen LogP contribution in [0.1, 0.15) is 42.1 Å². The second-order valence-corrected chi connectivity index (χ2v) is 11.1. The Morgan fingerprint density at radius 1 is 1.02 bits per heavy atom. The minimum absolute atomic E-state index is 0.0723. The monoisotopic (exact) mass is 631 g/mol. The summed E-state index contributed by atoms with van der Waals surface area (Å²) >= 11 is 1.02. The number of nitrogens with one attached hydrogen (secondary N) is 1. The van der Waals surface area contributed by atoms with E-state index in [1.54, 1.807) is 43.4 Å². The van der Waals surface area contributed by atoms with E-state index in [2.05, 4.69) is 23.5 Å². The number of carbonyl (C=O) groups excluding carboxylic acids is 3. The van der Waals surface area contributed by atoms with Crippen LogP contribution in [-0.2, 0) is 20.8 Å². The lowest BCUT2D eigenvalue weighted by Gasteiger charge is -2.28. The molecule has 0 fully saturated rings. The highest BCUT2D eigenvalue weighted by Crippen LogP contribution is 2.28. The fourth-order valence-electron chi connectivity index (χ4n) is 4.86. The van der Waals surface area contributed by atoms with Crippen LogP contribution in [0.25, 0.3) is 6.08 Å². The van der Waals surface area contributed by atoms with Crippen molar-refractivity contribution in [2.45, 2.75) is 26.3 Å². The number of rotatable bonds is 13. The lowest BCUT2D eigenvalue weighted by atomic mass is 9.99. The molecule has 0 aliphatic carbocycles. The van der Waals surface area contributed by atoms with Crippen LogP contribution >= 0.6 is 11.8 Å². The van der Waals surface area contributed by atoms with Crippen molar-refractivity contribution >= 4 is 40.7 Å². The van der Waals surface area contributed by atoms with Gasteiger partial charge in [0.05, 0.1) is 18.4 Å². The van der Waals surface area contributed by atoms with E-state index in [1.165, 1.54) is 11.0 Å². The maximum Gasteiger partial charge on any atom is 0.285 e. The van der Waals surface area contributed by atoms with Gasteiger partial charge >= 0.3 is 0 Å². The van der Waals surface area contributed by atoms with Gasteiger partial charge in [0.15, 0.2) is 5.17 Å². The quantitative estimate of drug-likeness (QED) is 0.0933. The molecule has 1 aliphatic heterocycles. The molecular weight excluding hydrogens is 595 g/mol. The van der Waals surface area contributed by atoms with E-state index in [9.17, 15) is 14.4 Å². The lowest BCUT2D eigenvalue weighted by Crippen LogP contribution is -2.42. The van der Waals surface area contributed by atoms with Gasteiger partial charge in [-0.15, -0.1) is 6.58 Å². The Labute approximate surface area is 274 Å². The molecular formula is C38H37N3O4S. The summed E-state index contributed by atoms with van der Waals surface area (Å²) in [6, 6.07) is 24.5. The van der Waals surface area contributed by atoms with Crippen LogP contribution < -0.4 is 10.1 Å². The Balaban J connectivity index is 1.63. The fourth-order valence-corrected chi connectivity index (χ4v) is 5.67. The standard InChI is InChI=1S/C38H37N3O4S/c1-5-9-21-31(7-3)41-37(44)32(25-27-22-23-33(45-8-4)30(24-27)16-6-2)36(43)40-38(41)46-26-34(42)39-35(28-17-12-10-13-18-28)29-19-14-11-15-20-29/h5-7,9-15,17-25,35H,1-2,8,16,26H2,3-4H3,(H,39,42)/b21-9-,31-7+,32-25+. The van der Waals surface area contributed by atoms with Crippen LogP contribution in [0.4, 0.5) is 0 Å². The van der Waals surface area contributed by atoms with E-state index in [0.717, 1.165) is 34.2 Å². The average Bonchev–Trinajstić information content (AvgIpc) is 3.07. The van der Waals surface area contributed by atoms with E-state index >= 15 is 0 Å². The summed E-state index contributed by atoms with van der Waals surface area (Å²) in [5.74, 6) is -0.862. The zero-order chi connectivity index (χ0) is 32.9. The first kappa shape index (κ1) is 33.7. The Morgan fingerprint density at radius 2 is 1.70 bits per heavy atom. The molecule has 3 aromatic rings. The van der Waals surface area contributed by atoms with E-state index < -0.39 is 11.8 Å². The third kappa shape index (κ3) is 8.49. The Bertz CT molecular complexity index is 1670. The first-order valence-corrected chi connectivity index (χ1v) is 15.9. The summed E-state index contributed by atoms with van der Waals surface area (Å²) in [7, 11) is 0. The largest absolute Gasteiger partial charge is 0.494 e. The first-order valence-electron chi connectivity index (χ1n) is 14.9. The number of amidine groups is 1. The number of allylic oxidation sites excluding steroid dienone is 5. The van der Waals surface area contributed by atoms with Crippen molar-refractivity contribution in [2.75, 3.05) is 12.4 Å². The molecule has 0 unspecified atom stereocenters. The Kier molecular flexibility index (Phi) is 12.3. The second-order valence-electron chi connectivity index (χ2n) is 10.1. The van der Waals surface area contributed by atoms with E-state index in [0.29, 0.717) is 24.3 Å². The molecule has 0 spiro atoms. The van der Waals surface area contributed by atoms with Gasteiger partial charge in [0.1, 0.15) is 11.3 Å². The smallest absolute Gasteiger partial charge is 0.285 e. The zero-order valence-corrected chi connectivity index (χ0v) is 26.8. The second kappa shape index (κ2) is 16.7. The van der Waals surface area contributed by atoms with Crippen molar-refractivity contribution in [3.05, 3.63) is 156 Å². The molecule has 1 aliphatic rings. The zero-order valence-electron chi connectivity index (χ0n) is 26.0. The minimum Gasteiger partial charge on any atom is -0.494 e. The number of benzene rings is 3. The predicted octanol–water partition coefficient (Wildman–Crippen LogP) is 7.21. The number of nitrogens with zero attached hydrogens (tertiary/aromatic N) is 2. The van der Waals surface area contributed by atoms with E-state index in [-0.39, 0.29) is 28.4 Å². The van der Waals surface area contributed by atoms with E-state index in [1.807, 2.05) is 79.7 Å². The highest BCUT2D eigenvalue weighted by Gasteiger charge is 2.35. The van der Waals surface area contributed by atoms with Crippen molar-refractivity contribution in [3.8, 4) is 5.75 Å². The van der Waals surface area contributed by atoms with Crippen LogP contribution in [0.5, 0.6) is 5.75 Å². The van der Waals surface area contributed by atoms with Crippen molar-refractivity contribution in [2.24, 2.45) is 4.99 Å². The summed E-state index contributed by atoms with van der Waals surface area (Å²) in [6.07, 6.45) is 10.6. The molecule has 1 N–H and O–H groups in total. The minimum atomic E-state index is -0.682. The summed E-state index contributed by atoms with van der Waals surface area (Å²) in [5.41, 5.74) is 3.79. The number of hydrogen-bond acceptors (Lipinski definition) is 5. The molecule has 0 saturated carbocycles. The summed E-state index contributed by atoms with van der Waals surface area (Å²) in [6.45, 7) is 11.7. The molecule has 0 radical (unpaired) electrons. The van der Waals surface area contributed by atoms with Crippen LogP contribution in [0, 0.1) is 0 Å². The summed E-state index contributed by atoms with van der Waals surface area (Å²) in [4.78, 5) is 46.3. The maximum absolute atomic E-state index is 14.0. The molecule has 46 heavy (non-hydrogen) atoms. The van der Waals surface area contributed by atoms with Gasteiger partial charge in [-0.3, -0.25) is 19.3 Å². The van der Waals surface area contributed by atoms with Gasteiger partial charge in [-0.1, -0.05) is 109 Å². The van der Waals surface area contributed by atoms with Gasteiger partial charge in [-0.25, -0.2) is 0 Å². The van der Waals surface area contributed by atoms with Gasteiger partial charge in [0, 0.05) is 5.70 Å². The normalized spacial score (nSPS) is 14.5. The van der Waals surface area contributed by atoms with Crippen LogP contribution in [0.3, 0.4) is 0 Å². The van der Waals surface area contributed by atoms with Gasteiger partial charge < -0.3 is 10.1 Å². The topological polar surface area (TPSA) is 88.1 Å². The van der Waals surface area contributed by atoms with Gasteiger partial charge in [0.2, 0.25) is 5.91 Å². The third-order valence-corrected chi connectivity index (χ3v) is 7.91. The van der Waals surface area contributed by atoms with E-state index in [4.69, 9.17) is 4.74 Å². The molecule has 0 saturated heterocycles. The number of carbonyl (C=O) groups is 3. The molecule has 0 atom stereocenters. The van der Waals surface area contributed by atoms with Gasteiger partial charge in [-0.05, 0) is 66.8 Å². The molecule has 0 bridgehead atoms. The number of hydrogen-bond donors (Lipinski definition) is 1. The number of aliphatic imine (C=N–C) groups is 1. The van der Waals surface area contributed by atoms with Gasteiger partial charge in [-0.2, -0.15) is 4.99 Å². The molecule has 8 heteroatoms. The molecule has 4 rings (SSSR count). The number of ether oxygens (including phenoxy) is 1. The molecule has 7 nitrogen and oxygen atoms in total. The average molecular weight is 632 g/mol. The number of amides is 3. The molecule has 3 aromatic carbocycles. The Hall–Kier alpha value is -5.21. The highest BCUT2D eigenvalue weighted by atomic mass is 32.2. The highest BCUT2D eigenvalue weighted by molar-refractivity contribution is 8.14. The first-order chi connectivity index (χ1) is 22.4. The maximum atomic E-state index is 14.0. The number of thioether (sulfide) groups is 1. The molecule has 234 valence electrons. The summed E-state index contributed by atoms with van der Waals surface area (Å²) < 4.78 is 5.72. The van der Waals surface area contributed by atoms with Crippen molar-refractivity contribution < 1.29 is 19.1 Å². The molecule has 3 amide bonds. The fraction of sp³-hybridized carbons (Fsp3) is 0.158. The van der Waals surface area contributed by atoms with Crippen molar-refractivity contribution in [3.63, 3.8) is 0 Å². The SMILES string of the molecule is C=C/C=C\C(=C/C)N1C(=O)/C(=C/c2ccc(OCC)c(CC=C)c2)C(=O)N=C1SCC(=O)NC(c1ccccc1)c1ccccc1. The Morgan fingerprint density at radius 3 is 2.28 bits per heavy atom. The van der Waals surface area contributed by atoms with Crippen molar-refractivity contribution in [1.82, 2.24) is 10.2 Å². The van der Waals surface area contributed by atoms with Crippen molar-refractivity contribution in [1.29, 1.82) is 0 Å². The summed E-state index contributed by atoms with van der Waals surface area (Å²) in [5, 5.41) is 3.21. The van der Waals surface area contributed by atoms with Crippen LogP contribution in [0.15, 0.2) is 139 Å². The van der Waals surface area contributed by atoms with Crippen LogP contribution in [0.2, 0.25) is 0 Å². The molecule has 1 heterocycles. The van der Waals surface area contributed by atoms with Crippen LogP contribution in [-0.4, -0.2) is 40.1 Å². The third-order valence-electron chi connectivity index (χ3n) is 6.97. The predicted molar refractivity (Wildman–Crippen MR) is 187 cm³/mol. The lowest BCUT2D eigenvalue weighted by molar-refractivity contribution is -0.126. The molecule has 0 aromatic heterocycles.